The first-order chi connectivity index (χ1) is 11.2. The maximum absolute atomic E-state index is 6.23. The zero-order chi connectivity index (χ0) is 15.8. The first-order valence-corrected chi connectivity index (χ1v) is 8.26. The molecule has 1 N–H and O–H groups in total. The summed E-state index contributed by atoms with van der Waals surface area (Å²) in [4.78, 5) is 12.5. The second kappa shape index (κ2) is 5.87. The molecule has 0 bridgehead atoms. The molecule has 3 aromatic rings. The Morgan fingerprint density at radius 2 is 1.78 bits per heavy atom. The van der Waals surface area contributed by atoms with E-state index in [1.165, 1.54) is 5.69 Å². The van der Waals surface area contributed by atoms with Crippen molar-refractivity contribution in [1.29, 1.82) is 0 Å². The van der Waals surface area contributed by atoms with Crippen LogP contribution < -0.4 is 4.90 Å². The van der Waals surface area contributed by atoms with E-state index >= 15 is 0 Å². The lowest BCUT2D eigenvalue weighted by Gasteiger charge is -2.34. The van der Waals surface area contributed by atoms with Crippen molar-refractivity contribution < 1.29 is 0 Å². The Labute approximate surface area is 140 Å². The van der Waals surface area contributed by atoms with E-state index in [0.29, 0.717) is 0 Å². The van der Waals surface area contributed by atoms with Gasteiger partial charge < -0.3 is 14.8 Å². The average Bonchev–Trinajstić information content (AvgIpc) is 3.01. The summed E-state index contributed by atoms with van der Waals surface area (Å²) >= 11 is 6.23. The number of fused-ring (bicyclic) bond motifs is 1. The second-order valence-electron chi connectivity index (χ2n) is 6.08. The number of rotatable bonds is 2. The summed E-state index contributed by atoms with van der Waals surface area (Å²) < 4.78 is 0. The molecule has 0 saturated carbocycles. The van der Waals surface area contributed by atoms with E-state index in [-0.39, 0.29) is 0 Å². The standard InChI is InChI=1S/C18H19ClN4/c1-22-8-10-23(11-9-22)14-4-2-13(3-5-14)17-12-15-16(19)6-7-20-18(15)21-17/h2-7,12H,8-11H2,1H3,(H,20,21). The summed E-state index contributed by atoms with van der Waals surface area (Å²) in [6.45, 7) is 4.41. The van der Waals surface area contributed by atoms with Crippen LogP contribution in [0.5, 0.6) is 0 Å². The fourth-order valence-corrected chi connectivity index (χ4v) is 3.27. The topological polar surface area (TPSA) is 35.2 Å². The number of likely N-dealkylation sites (N-methyl/N-ethyl adjacent to an activating group) is 1. The number of hydrogen-bond acceptors (Lipinski definition) is 3. The first kappa shape index (κ1) is 14.5. The Kier molecular flexibility index (Phi) is 3.71. The molecule has 1 aliphatic heterocycles. The van der Waals surface area contributed by atoms with Crippen LogP contribution in [0.2, 0.25) is 5.02 Å². The van der Waals surface area contributed by atoms with E-state index in [2.05, 4.69) is 57.1 Å². The van der Waals surface area contributed by atoms with E-state index in [1.807, 2.05) is 6.07 Å². The van der Waals surface area contributed by atoms with Crippen LogP contribution in [0.3, 0.4) is 0 Å². The summed E-state index contributed by atoms with van der Waals surface area (Å²) in [5, 5.41) is 1.69. The molecule has 1 aliphatic rings. The van der Waals surface area contributed by atoms with E-state index in [4.69, 9.17) is 11.6 Å². The third kappa shape index (κ3) is 2.80. The predicted octanol–water partition coefficient (Wildman–Crippen LogP) is 3.64. The molecule has 0 aliphatic carbocycles. The maximum Gasteiger partial charge on any atom is 0.139 e. The highest BCUT2D eigenvalue weighted by Crippen LogP contribution is 2.29. The van der Waals surface area contributed by atoms with Crippen molar-refractivity contribution in [2.45, 2.75) is 0 Å². The smallest absolute Gasteiger partial charge is 0.139 e. The fourth-order valence-electron chi connectivity index (χ4n) is 3.07. The minimum atomic E-state index is 0.728. The number of aromatic amines is 1. The normalized spacial score (nSPS) is 16.2. The number of H-pyrrole nitrogens is 1. The molecule has 23 heavy (non-hydrogen) atoms. The molecular formula is C18H19ClN4. The van der Waals surface area contributed by atoms with Gasteiger partial charge in [-0.15, -0.1) is 0 Å². The highest BCUT2D eigenvalue weighted by atomic mass is 35.5. The lowest BCUT2D eigenvalue weighted by molar-refractivity contribution is 0.313. The van der Waals surface area contributed by atoms with E-state index in [1.54, 1.807) is 6.20 Å². The van der Waals surface area contributed by atoms with Gasteiger partial charge in [-0.25, -0.2) is 4.98 Å². The second-order valence-corrected chi connectivity index (χ2v) is 6.48. The van der Waals surface area contributed by atoms with Crippen LogP contribution in [0.4, 0.5) is 5.69 Å². The van der Waals surface area contributed by atoms with Crippen molar-refractivity contribution in [2.24, 2.45) is 0 Å². The van der Waals surface area contributed by atoms with E-state index in [0.717, 1.165) is 53.5 Å². The summed E-state index contributed by atoms with van der Waals surface area (Å²) in [6, 6.07) is 12.6. The van der Waals surface area contributed by atoms with Crippen LogP contribution in [-0.2, 0) is 0 Å². The molecule has 1 saturated heterocycles. The third-order valence-corrected chi connectivity index (χ3v) is 4.85. The van der Waals surface area contributed by atoms with E-state index < -0.39 is 0 Å². The fraction of sp³-hybridized carbons (Fsp3) is 0.278. The largest absolute Gasteiger partial charge is 0.369 e. The van der Waals surface area contributed by atoms with Gasteiger partial charge >= 0.3 is 0 Å². The van der Waals surface area contributed by atoms with Gasteiger partial charge in [0.1, 0.15) is 5.65 Å². The zero-order valence-electron chi connectivity index (χ0n) is 13.1. The maximum atomic E-state index is 6.23. The van der Waals surface area contributed by atoms with Crippen molar-refractivity contribution in [2.75, 3.05) is 38.1 Å². The van der Waals surface area contributed by atoms with Gasteiger partial charge in [-0.1, -0.05) is 23.7 Å². The first-order valence-electron chi connectivity index (χ1n) is 7.88. The quantitative estimate of drug-likeness (QED) is 0.781. The molecule has 4 rings (SSSR count). The van der Waals surface area contributed by atoms with Gasteiger partial charge in [-0.2, -0.15) is 0 Å². The molecule has 1 fully saturated rings. The monoisotopic (exact) mass is 326 g/mol. The number of aromatic nitrogens is 2. The van der Waals surface area contributed by atoms with Crippen molar-refractivity contribution in [3.05, 3.63) is 47.6 Å². The Morgan fingerprint density at radius 3 is 2.48 bits per heavy atom. The van der Waals surface area contributed by atoms with Crippen molar-refractivity contribution in [3.8, 4) is 11.3 Å². The Hall–Kier alpha value is -2.04. The van der Waals surface area contributed by atoms with Gasteiger partial charge in [0.15, 0.2) is 0 Å². The van der Waals surface area contributed by atoms with Gasteiger partial charge in [0.2, 0.25) is 0 Å². The molecule has 1 aromatic carbocycles. The Morgan fingerprint density at radius 1 is 1.04 bits per heavy atom. The molecule has 5 heteroatoms. The van der Waals surface area contributed by atoms with Gasteiger partial charge in [0.05, 0.1) is 5.02 Å². The molecule has 0 radical (unpaired) electrons. The van der Waals surface area contributed by atoms with Crippen molar-refractivity contribution in [1.82, 2.24) is 14.9 Å². The van der Waals surface area contributed by atoms with Crippen molar-refractivity contribution in [3.63, 3.8) is 0 Å². The molecule has 0 atom stereocenters. The minimum Gasteiger partial charge on any atom is -0.369 e. The summed E-state index contributed by atoms with van der Waals surface area (Å²) in [5.74, 6) is 0. The number of pyridine rings is 1. The predicted molar refractivity (Wildman–Crippen MR) is 96.2 cm³/mol. The number of anilines is 1. The minimum absolute atomic E-state index is 0.728. The number of piperazine rings is 1. The Balaban J connectivity index is 1.61. The van der Waals surface area contributed by atoms with Crippen LogP contribution in [-0.4, -0.2) is 48.1 Å². The molecule has 2 aromatic heterocycles. The van der Waals surface area contributed by atoms with Gasteiger partial charge in [0, 0.05) is 49.1 Å². The number of benzene rings is 1. The number of nitrogens with zero attached hydrogens (tertiary/aromatic N) is 3. The van der Waals surface area contributed by atoms with Crippen LogP contribution in [0.25, 0.3) is 22.3 Å². The van der Waals surface area contributed by atoms with Gasteiger partial charge in [-0.3, -0.25) is 0 Å². The zero-order valence-corrected chi connectivity index (χ0v) is 13.8. The summed E-state index contributed by atoms with van der Waals surface area (Å²) in [7, 11) is 2.18. The molecule has 0 unspecified atom stereocenters. The van der Waals surface area contributed by atoms with Crippen LogP contribution in [0.15, 0.2) is 42.6 Å². The molecule has 4 nitrogen and oxygen atoms in total. The Bertz CT molecular complexity index is 817. The van der Waals surface area contributed by atoms with Crippen LogP contribution in [0.1, 0.15) is 0 Å². The molecule has 3 heterocycles. The lowest BCUT2D eigenvalue weighted by atomic mass is 10.1. The lowest BCUT2D eigenvalue weighted by Crippen LogP contribution is -2.44. The SMILES string of the molecule is CN1CCN(c2ccc(-c3cc4c(Cl)ccnc4[nH]3)cc2)CC1. The molecule has 0 spiro atoms. The highest BCUT2D eigenvalue weighted by molar-refractivity contribution is 6.35. The molecular weight excluding hydrogens is 308 g/mol. The molecule has 0 amide bonds. The van der Waals surface area contributed by atoms with Gasteiger partial charge in [0.25, 0.3) is 0 Å². The number of hydrogen-bond donors (Lipinski definition) is 1. The summed E-state index contributed by atoms with van der Waals surface area (Å²) in [5.41, 5.74) is 4.31. The third-order valence-electron chi connectivity index (χ3n) is 4.53. The average molecular weight is 327 g/mol. The van der Waals surface area contributed by atoms with E-state index in [9.17, 15) is 0 Å². The molecule has 118 valence electrons. The highest BCUT2D eigenvalue weighted by Gasteiger charge is 2.14. The van der Waals surface area contributed by atoms with Gasteiger partial charge in [-0.05, 0) is 36.9 Å². The van der Waals surface area contributed by atoms with Crippen molar-refractivity contribution >= 4 is 28.3 Å². The van der Waals surface area contributed by atoms with Crippen LogP contribution >= 0.6 is 11.6 Å². The summed E-state index contributed by atoms with van der Waals surface area (Å²) in [6.07, 6.45) is 1.72. The van der Waals surface area contributed by atoms with Crippen LogP contribution in [0, 0.1) is 0 Å². The number of nitrogens with one attached hydrogen (secondary N) is 1. The number of halogens is 1.